The van der Waals surface area contributed by atoms with Crippen molar-refractivity contribution in [3.05, 3.63) is 71.3 Å². The van der Waals surface area contributed by atoms with Crippen LogP contribution in [0.3, 0.4) is 0 Å². The molecule has 0 saturated heterocycles. The number of nitrogens with one attached hydrogen (secondary N) is 1. The lowest BCUT2D eigenvalue weighted by atomic mass is 9.71. The fraction of sp³-hybridized carbons (Fsp3) is 0.455. The van der Waals surface area contributed by atoms with E-state index in [0.717, 1.165) is 18.4 Å². The van der Waals surface area contributed by atoms with Crippen LogP contribution in [0, 0.1) is 5.92 Å². The summed E-state index contributed by atoms with van der Waals surface area (Å²) >= 11 is 0. The molecule has 0 aromatic heterocycles. The Morgan fingerprint density at radius 1 is 0.913 bits per heavy atom. The average molecular weight is 305 g/mol. The topological polar surface area (TPSA) is 12.0 Å². The largest absolute Gasteiger partial charge is 0.309 e. The number of hydrogen-bond acceptors (Lipinski definition) is 1. The van der Waals surface area contributed by atoms with Crippen LogP contribution in [-0.4, -0.2) is 6.04 Å². The highest BCUT2D eigenvalue weighted by Gasteiger charge is 2.34. The molecule has 1 saturated carbocycles. The number of fused-ring (bicyclic) bond motifs is 3. The normalized spacial score (nSPS) is 26.3. The Kier molecular flexibility index (Phi) is 4.48. The van der Waals surface area contributed by atoms with Gasteiger partial charge in [-0.05, 0) is 60.6 Å². The first-order valence-electron chi connectivity index (χ1n) is 9.25. The third-order valence-corrected chi connectivity index (χ3v) is 5.89. The van der Waals surface area contributed by atoms with Gasteiger partial charge in [0.15, 0.2) is 0 Å². The number of benzene rings is 2. The van der Waals surface area contributed by atoms with Crippen molar-refractivity contribution in [1.82, 2.24) is 5.32 Å². The molecule has 3 atom stereocenters. The SMILES string of the molecule is c1ccc(CCCC2CCC3c4ccccc4CNC3C2)cc1. The molecule has 1 aliphatic carbocycles. The Hall–Kier alpha value is -1.60. The molecule has 0 amide bonds. The van der Waals surface area contributed by atoms with Crippen LogP contribution < -0.4 is 5.32 Å². The molecule has 1 nitrogen and oxygen atoms in total. The van der Waals surface area contributed by atoms with E-state index in [9.17, 15) is 0 Å². The van der Waals surface area contributed by atoms with Crippen LogP contribution in [0.15, 0.2) is 54.6 Å². The summed E-state index contributed by atoms with van der Waals surface area (Å²) in [5.74, 6) is 1.67. The van der Waals surface area contributed by atoms with Crippen LogP contribution in [0.5, 0.6) is 0 Å². The highest BCUT2D eigenvalue weighted by molar-refractivity contribution is 5.34. The molecule has 1 heteroatoms. The summed E-state index contributed by atoms with van der Waals surface area (Å²) in [5.41, 5.74) is 4.64. The first-order valence-corrected chi connectivity index (χ1v) is 9.25. The van der Waals surface area contributed by atoms with Crippen molar-refractivity contribution in [3.63, 3.8) is 0 Å². The van der Waals surface area contributed by atoms with Gasteiger partial charge in [-0.2, -0.15) is 0 Å². The lowest BCUT2D eigenvalue weighted by Crippen LogP contribution is -2.43. The van der Waals surface area contributed by atoms with E-state index >= 15 is 0 Å². The summed E-state index contributed by atoms with van der Waals surface area (Å²) < 4.78 is 0. The Balaban J connectivity index is 1.32. The van der Waals surface area contributed by atoms with Gasteiger partial charge in [0.25, 0.3) is 0 Å². The summed E-state index contributed by atoms with van der Waals surface area (Å²) in [6, 6.07) is 20.7. The smallest absolute Gasteiger partial charge is 0.0211 e. The monoisotopic (exact) mass is 305 g/mol. The first kappa shape index (κ1) is 15.0. The predicted molar refractivity (Wildman–Crippen MR) is 96.5 cm³/mol. The lowest BCUT2D eigenvalue weighted by molar-refractivity contribution is 0.228. The van der Waals surface area contributed by atoms with Crippen LogP contribution in [0.2, 0.25) is 0 Å². The van der Waals surface area contributed by atoms with Crippen LogP contribution in [-0.2, 0) is 13.0 Å². The molecule has 4 rings (SSSR count). The van der Waals surface area contributed by atoms with Gasteiger partial charge in [0.2, 0.25) is 0 Å². The number of rotatable bonds is 4. The van der Waals surface area contributed by atoms with Crippen LogP contribution in [0.4, 0.5) is 0 Å². The van der Waals surface area contributed by atoms with Crippen molar-refractivity contribution in [1.29, 1.82) is 0 Å². The molecule has 23 heavy (non-hydrogen) atoms. The number of hydrogen-bond donors (Lipinski definition) is 1. The Labute approximate surface area is 140 Å². The van der Waals surface area contributed by atoms with Gasteiger partial charge in [0.1, 0.15) is 0 Å². The molecule has 0 radical (unpaired) electrons. The van der Waals surface area contributed by atoms with Crippen molar-refractivity contribution < 1.29 is 0 Å². The lowest BCUT2D eigenvalue weighted by Gasteiger charge is -2.41. The molecule has 120 valence electrons. The van der Waals surface area contributed by atoms with Crippen LogP contribution in [0.25, 0.3) is 0 Å². The molecule has 1 heterocycles. The Bertz CT molecular complexity index is 633. The zero-order valence-corrected chi connectivity index (χ0v) is 13.9. The minimum Gasteiger partial charge on any atom is -0.309 e. The highest BCUT2D eigenvalue weighted by Crippen LogP contribution is 2.41. The second-order valence-electron chi connectivity index (χ2n) is 7.35. The number of aryl methyl sites for hydroxylation is 1. The van der Waals surface area contributed by atoms with Crippen molar-refractivity contribution in [3.8, 4) is 0 Å². The van der Waals surface area contributed by atoms with E-state index < -0.39 is 0 Å². The maximum Gasteiger partial charge on any atom is 0.0211 e. The minimum atomic E-state index is 0.709. The van der Waals surface area contributed by atoms with Gasteiger partial charge in [0.05, 0.1) is 0 Å². The fourth-order valence-electron chi connectivity index (χ4n) is 4.66. The minimum absolute atomic E-state index is 0.709. The molecule has 1 N–H and O–H groups in total. The summed E-state index contributed by atoms with van der Waals surface area (Å²) in [4.78, 5) is 0. The molecule has 1 fully saturated rings. The first-order chi connectivity index (χ1) is 11.4. The van der Waals surface area contributed by atoms with Crippen molar-refractivity contribution in [2.45, 2.75) is 57.0 Å². The maximum atomic E-state index is 3.82. The van der Waals surface area contributed by atoms with Crippen molar-refractivity contribution >= 4 is 0 Å². The zero-order chi connectivity index (χ0) is 15.5. The zero-order valence-electron chi connectivity index (χ0n) is 13.9. The second-order valence-corrected chi connectivity index (χ2v) is 7.35. The third kappa shape index (κ3) is 3.35. The van der Waals surface area contributed by atoms with E-state index in [1.807, 2.05) is 0 Å². The molecule has 3 unspecified atom stereocenters. The molecule has 1 aliphatic heterocycles. The molecule has 2 aromatic carbocycles. The second kappa shape index (κ2) is 6.88. The van der Waals surface area contributed by atoms with Gasteiger partial charge in [-0.3, -0.25) is 0 Å². The van der Waals surface area contributed by atoms with Gasteiger partial charge < -0.3 is 5.32 Å². The van der Waals surface area contributed by atoms with E-state index in [0.29, 0.717) is 6.04 Å². The van der Waals surface area contributed by atoms with E-state index in [4.69, 9.17) is 0 Å². The fourth-order valence-corrected chi connectivity index (χ4v) is 4.66. The standard InChI is InChI=1S/C22H27N/c1-2-7-17(8-3-1)9-6-10-18-13-14-21-20-12-5-4-11-19(20)16-23-22(21)15-18/h1-5,7-8,11-12,18,21-23H,6,9-10,13-16H2. The van der Waals surface area contributed by atoms with Gasteiger partial charge in [-0.15, -0.1) is 0 Å². The molecule has 0 bridgehead atoms. The van der Waals surface area contributed by atoms with Gasteiger partial charge in [-0.25, -0.2) is 0 Å². The van der Waals surface area contributed by atoms with E-state index in [1.165, 1.54) is 49.7 Å². The summed E-state index contributed by atoms with van der Waals surface area (Å²) in [5, 5.41) is 3.82. The maximum absolute atomic E-state index is 3.82. The summed E-state index contributed by atoms with van der Waals surface area (Å²) in [6.45, 7) is 1.06. The molecular formula is C22H27N. The quantitative estimate of drug-likeness (QED) is 0.832. The van der Waals surface area contributed by atoms with Crippen molar-refractivity contribution in [2.75, 3.05) is 0 Å². The molecule has 0 spiro atoms. The Morgan fingerprint density at radius 2 is 1.74 bits per heavy atom. The Morgan fingerprint density at radius 3 is 2.65 bits per heavy atom. The van der Waals surface area contributed by atoms with Crippen LogP contribution >= 0.6 is 0 Å². The molecule has 2 aliphatic rings. The van der Waals surface area contributed by atoms with Gasteiger partial charge in [-0.1, -0.05) is 61.0 Å². The van der Waals surface area contributed by atoms with E-state index in [-0.39, 0.29) is 0 Å². The van der Waals surface area contributed by atoms with Crippen molar-refractivity contribution in [2.24, 2.45) is 5.92 Å². The average Bonchev–Trinajstić information content (AvgIpc) is 2.62. The van der Waals surface area contributed by atoms with Gasteiger partial charge in [0, 0.05) is 12.6 Å². The van der Waals surface area contributed by atoms with E-state index in [1.54, 1.807) is 5.56 Å². The summed E-state index contributed by atoms with van der Waals surface area (Å²) in [6.07, 6.45) is 8.11. The third-order valence-electron chi connectivity index (χ3n) is 5.89. The van der Waals surface area contributed by atoms with Gasteiger partial charge >= 0.3 is 0 Å². The predicted octanol–water partition coefficient (Wildman–Crippen LogP) is 5.07. The van der Waals surface area contributed by atoms with E-state index in [2.05, 4.69) is 59.9 Å². The highest BCUT2D eigenvalue weighted by atomic mass is 14.9. The molecule has 2 aromatic rings. The summed E-state index contributed by atoms with van der Waals surface area (Å²) in [7, 11) is 0. The van der Waals surface area contributed by atoms with Crippen LogP contribution in [0.1, 0.15) is 54.7 Å². The molecular weight excluding hydrogens is 278 g/mol.